The number of nitrogens with zero attached hydrogens (tertiary/aromatic N) is 3. The molecule has 5 heteroatoms. The van der Waals surface area contributed by atoms with Gasteiger partial charge in [0.25, 0.3) is 5.91 Å². The standard InChI is InChI=1S/C13H16N4O/c1-2-17(8-7-14)13(18)12-9-15-10-5-3-4-6-11(10)16-12/h3-6,9H,2,7-8,14H2,1H3. The highest BCUT2D eigenvalue weighted by molar-refractivity contribution is 5.93. The molecule has 0 fully saturated rings. The summed E-state index contributed by atoms with van der Waals surface area (Å²) < 4.78 is 0. The maximum Gasteiger partial charge on any atom is 0.274 e. The van der Waals surface area contributed by atoms with Gasteiger partial charge in [-0.15, -0.1) is 0 Å². The van der Waals surface area contributed by atoms with Crippen molar-refractivity contribution in [2.75, 3.05) is 19.6 Å². The lowest BCUT2D eigenvalue weighted by Crippen LogP contribution is -2.35. The van der Waals surface area contributed by atoms with Crippen molar-refractivity contribution in [3.8, 4) is 0 Å². The van der Waals surface area contributed by atoms with Crippen LogP contribution in [0.4, 0.5) is 0 Å². The normalized spacial score (nSPS) is 10.6. The predicted molar refractivity (Wildman–Crippen MR) is 70.2 cm³/mol. The lowest BCUT2D eigenvalue weighted by molar-refractivity contribution is 0.0763. The van der Waals surface area contributed by atoms with Crippen LogP contribution in [0, 0.1) is 0 Å². The minimum atomic E-state index is -0.124. The van der Waals surface area contributed by atoms with Gasteiger partial charge in [-0.25, -0.2) is 4.98 Å². The number of hydrogen-bond donors (Lipinski definition) is 1. The Morgan fingerprint density at radius 2 is 2.06 bits per heavy atom. The van der Waals surface area contributed by atoms with Crippen molar-refractivity contribution in [2.45, 2.75) is 6.92 Å². The molecule has 18 heavy (non-hydrogen) atoms. The van der Waals surface area contributed by atoms with Crippen molar-refractivity contribution in [1.82, 2.24) is 14.9 Å². The topological polar surface area (TPSA) is 72.1 Å². The van der Waals surface area contributed by atoms with Crippen LogP contribution < -0.4 is 5.73 Å². The zero-order chi connectivity index (χ0) is 13.0. The monoisotopic (exact) mass is 244 g/mol. The molecule has 2 rings (SSSR count). The lowest BCUT2D eigenvalue weighted by atomic mass is 10.3. The molecule has 0 spiro atoms. The minimum absolute atomic E-state index is 0.124. The van der Waals surface area contributed by atoms with Crippen LogP contribution in [0.15, 0.2) is 30.5 Å². The highest BCUT2D eigenvalue weighted by atomic mass is 16.2. The third-order valence-electron chi connectivity index (χ3n) is 2.74. The van der Waals surface area contributed by atoms with Crippen LogP contribution in [0.5, 0.6) is 0 Å². The van der Waals surface area contributed by atoms with E-state index in [1.807, 2.05) is 31.2 Å². The summed E-state index contributed by atoms with van der Waals surface area (Å²) in [6.07, 6.45) is 1.52. The molecule has 0 aliphatic heterocycles. The number of likely N-dealkylation sites (N-methyl/N-ethyl adjacent to an activating group) is 1. The van der Waals surface area contributed by atoms with Gasteiger partial charge < -0.3 is 10.6 Å². The highest BCUT2D eigenvalue weighted by Gasteiger charge is 2.15. The van der Waals surface area contributed by atoms with E-state index in [9.17, 15) is 4.79 Å². The Kier molecular flexibility index (Phi) is 3.84. The number of carbonyl (C=O) groups excluding carboxylic acids is 1. The minimum Gasteiger partial charge on any atom is -0.336 e. The zero-order valence-corrected chi connectivity index (χ0v) is 10.3. The second-order valence-corrected chi connectivity index (χ2v) is 3.92. The molecular formula is C13H16N4O. The maximum absolute atomic E-state index is 12.2. The first-order valence-corrected chi connectivity index (χ1v) is 5.97. The van der Waals surface area contributed by atoms with Crippen molar-refractivity contribution < 1.29 is 4.79 Å². The number of benzene rings is 1. The zero-order valence-electron chi connectivity index (χ0n) is 10.3. The fourth-order valence-electron chi connectivity index (χ4n) is 1.78. The number of fused-ring (bicyclic) bond motifs is 1. The van der Waals surface area contributed by atoms with Crippen LogP contribution in [-0.4, -0.2) is 40.4 Å². The molecule has 2 aromatic rings. The highest BCUT2D eigenvalue weighted by Crippen LogP contribution is 2.09. The van der Waals surface area contributed by atoms with E-state index in [-0.39, 0.29) is 5.91 Å². The number of aromatic nitrogens is 2. The van der Waals surface area contributed by atoms with E-state index in [1.165, 1.54) is 6.20 Å². The molecule has 0 bridgehead atoms. The molecule has 1 aromatic carbocycles. The number of rotatable bonds is 4. The third-order valence-corrected chi connectivity index (χ3v) is 2.74. The van der Waals surface area contributed by atoms with Crippen LogP contribution in [0.3, 0.4) is 0 Å². The van der Waals surface area contributed by atoms with Gasteiger partial charge in [-0.2, -0.15) is 0 Å². The Bertz CT molecular complexity index is 555. The summed E-state index contributed by atoms with van der Waals surface area (Å²) >= 11 is 0. The lowest BCUT2D eigenvalue weighted by Gasteiger charge is -2.19. The van der Waals surface area contributed by atoms with E-state index in [1.54, 1.807) is 4.90 Å². The Hall–Kier alpha value is -2.01. The molecule has 0 radical (unpaired) electrons. The Balaban J connectivity index is 2.32. The van der Waals surface area contributed by atoms with Gasteiger partial charge in [0.1, 0.15) is 5.69 Å². The largest absolute Gasteiger partial charge is 0.336 e. The summed E-state index contributed by atoms with van der Waals surface area (Å²) in [4.78, 5) is 22.4. The van der Waals surface area contributed by atoms with Crippen molar-refractivity contribution in [2.24, 2.45) is 5.73 Å². The van der Waals surface area contributed by atoms with E-state index in [4.69, 9.17) is 5.73 Å². The summed E-state index contributed by atoms with van der Waals surface area (Å²) in [7, 11) is 0. The number of carbonyl (C=O) groups is 1. The summed E-state index contributed by atoms with van der Waals surface area (Å²) in [6.45, 7) is 3.51. The first kappa shape index (κ1) is 12.4. The quantitative estimate of drug-likeness (QED) is 0.872. The molecular weight excluding hydrogens is 228 g/mol. The molecule has 2 N–H and O–H groups in total. The van der Waals surface area contributed by atoms with Gasteiger partial charge in [-0.3, -0.25) is 9.78 Å². The predicted octanol–water partition coefficient (Wildman–Crippen LogP) is 1.05. The van der Waals surface area contributed by atoms with Gasteiger partial charge in [-0.05, 0) is 19.1 Å². The Morgan fingerprint density at radius 3 is 2.72 bits per heavy atom. The summed E-state index contributed by atoms with van der Waals surface area (Å²) in [5.74, 6) is -0.124. The van der Waals surface area contributed by atoms with Crippen LogP contribution in [0.2, 0.25) is 0 Å². The van der Waals surface area contributed by atoms with Crippen molar-refractivity contribution in [1.29, 1.82) is 0 Å². The Labute approximate surface area is 106 Å². The molecule has 0 aliphatic carbocycles. The second kappa shape index (κ2) is 5.55. The average molecular weight is 244 g/mol. The van der Waals surface area contributed by atoms with Crippen LogP contribution in [-0.2, 0) is 0 Å². The van der Waals surface area contributed by atoms with Crippen LogP contribution in [0.25, 0.3) is 11.0 Å². The van der Waals surface area contributed by atoms with Gasteiger partial charge >= 0.3 is 0 Å². The third kappa shape index (κ3) is 2.46. The first-order chi connectivity index (χ1) is 8.76. The van der Waals surface area contributed by atoms with Gasteiger partial charge in [-0.1, -0.05) is 12.1 Å². The van der Waals surface area contributed by atoms with Crippen molar-refractivity contribution in [3.05, 3.63) is 36.2 Å². The molecule has 0 atom stereocenters. The summed E-state index contributed by atoms with van der Waals surface area (Å²) in [5, 5.41) is 0. The van der Waals surface area contributed by atoms with Crippen molar-refractivity contribution >= 4 is 16.9 Å². The molecule has 0 saturated carbocycles. The van der Waals surface area contributed by atoms with Crippen LogP contribution in [0.1, 0.15) is 17.4 Å². The number of amides is 1. The molecule has 0 aliphatic rings. The van der Waals surface area contributed by atoms with Gasteiger partial charge in [0.15, 0.2) is 0 Å². The van der Waals surface area contributed by atoms with E-state index < -0.39 is 0 Å². The van der Waals surface area contributed by atoms with E-state index in [0.29, 0.717) is 25.3 Å². The number of para-hydroxylation sites is 2. The van der Waals surface area contributed by atoms with E-state index in [0.717, 1.165) is 11.0 Å². The SMILES string of the molecule is CCN(CCN)C(=O)c1cnc2ccccc2n1. The fraction of sp³-hybridized carbons (Fsp3) is 0.308. The van der Waals surface area contributed by atoms with Crippen LogP contribution >= 0.6 is 0 Å². The van der Waals surface area contributed by atoms with E-state index in [2.05, 4.69) is 9.97 Å². The van der Waals surface area contributed by atoms with E-state index >= 15 is 0 Å². The van der Waals surface area contributed by atoms with Gasteiger partial charge in [0.2, 0.25) is 0 Å². The second-order valence-electron chi connectivity index (χ2n) is 3.92. The fourth-order valence-corrected chi connectivity index (χ4v) is 1.78. The molecule has 1 aromatic heterocycles. The van der Waals surface area contributed by atoms with Gasteiger partial charge in [0.05, 0.1) is 17.2 Å². The van der Waals surface area contributed by atoms with Crippen molar-refractivity contribution in [3.63, 3.8) is 0 Å². The summed E-state index contributed by atoms with van der Waals surface area (Å²) in [5.41, 5.74) is 7.36. The molecule has 5 nitrogen and oxygen atoms in total. The first-order valence-electron chi connectivity index (χ1n) is 5.97. The maximum atomic E-state index is 12.2. The Morgan fingerprint density at radius 1 is 1.33 bits per heavy atom. The smallest absolute Gasteiger partial charge is 0.274 e. The summed E-state index contributed by atoms with van der Waals surface area (Å²) in [6, 6.07) is 7.49. The number of hydrogen-bond acceptors (Lipinski definition) is 4. The molecule has 0 saturated heterocycles. The molecule has 94 valence electrons. The average Bonchev–Trinajstić information content (AvgIpc) is 2.43. The molecule has 0 unspecified atom stereocenters. The molecule has 1 heterocycles. The van der Waals surface area contributed by atoms with Gasteiger partial charge in [0, 0.05) is 19.6 Å². The molecule has 1 amide bonds. The number of nitrogens with two attached hydrogens (primary N) is 1.